The van der Waals surface area contributed by atoms with E-state index in [2.05, 4.69) is 23.3 Å². The second-order valence-electron chi connectivity index (χ2n) is 9.89. The van der Waals surface area contributed by atoms with E-state index >= 15 is 0 Å². The van der Waals surface area contributed by atoms with E-state index in [-0.39, 0.29) is 0 Å². The lowest BCUT2D eigenvalue weighted by atomic mass is 10.0. The van der Waals surface area contributed by atoms with Crippen LogP contribution in [0.25, 0.3) is 0 Å². The summed E-state index contributed by atoms with van der Waals surface area (Å²) >= 11 is 0. The standard InChI is InChI=1S/C28H58N3/c1-3-5-6-7-8-9-10-11-12-13-14-15-16-17-18-19-20-21-22-23-28-30(4-2)26-27-31(28)25-24-29/h3-27,29H2,1-2H3/q+1. The van der Waals surface area contributed by atoms with E-state index in [1.165, 1.54) is 142 Å². The lowest BCUT2D eigenvalue weighted by Gasteiger charge is -2.11. The van der Waals surface area contributed by atoms with Crippen LogP contribution in [0.1, 0.15) is 142 Å². The maximum Gasteiger partial charge on any atom is 0.247 e. The first-order chi connectivity index (χ1) is 15.3. The van der Waals surface area contributed by atoms with Gasteiger partial charge in [-0.25, -0.2) is 0 Å². The Kier molecular flexibility index (Phi) is 19.5. The van der Waals surface area contributed by atoms with E-state index in [4.69, 9.17) is 5.73 Å². The Hall–Kier alpha value is -0.570. The maximum absolute atomic E-state index is 5.79. The topological polar surface area (TPSA) is 32.3 Å². The molecular weight excluding hydrogens is 378 g/mol. The number of amidine groups is 1. The first-order valence-corrected chi connectivity index (χ1v) is 14.4. The molecule has 3 nitrogen and oxygen atoms in total. The Morgan fingerprint density at radius 2 is 1.06 bits per heavy atom. The van der Waals surface area contributed by atoms with Crippen molar-refractivity contribution in [1.82, 2.24) is 4.90 Å². The van der Waals surface area contributed by atoms with Crippen molar-refractivity contribution in [1.29, 1.82) is 0 Å². The van der Waals surface area contributed by atoms with Crippen molar-refractivity contribution in [3.63, 3.8) is 0 Å². The SMILES string of the molecule is CCCCCCCCCCCCCCCCCCCCCC1=[N+](CCN)CCN1CC. The molecule has 0 saturated heterocycles. The van der Waals surface area contributed by atoms with Gasteiger partial charge < -0.3 is 5.73 Å². The van der Waals surface area contributed by atoms with Gasteiger partial charge in [0.15, 0.2) is 0 Å². The minimum atomic E-state index is 0.778. The molecule has 184 valence electrons. The molecule has 0 aromatic heterocycles. The molecule has 0 aromatic carbocycles. The van der Waals surface area contributed by atoms with Crippen molar-refractivity contribution in [3.05, 3.63) is 0 Å². The molecule has 2 N–H and O–H groups in total. The number of unbranched alkanes of at least 4 members (excludes halogenated alkanes) is 18. The highest BCUT2D eigenvalue weighted by atomic mass is 15.3. The minimum absolute atomic E-state index is 0.778. The molecule has 0 radical (unpaired) electrons. The molecule has 0 spiro atoms. The van der Waals surface area contributed by atoms with Gasteiger partial charge >= 0.3 is 0 Å². The number of nitrogens with zero attached hydrogens (tertiary/aromatic N) is 2. The zero-order chi connectivity index (χ0) is 22.4. The van der Waals surface area contributed by atoms with E-state index in [1.54, 1.807) is 5.84 Å². The smallest absolute Gasteiger partial charge is 0.247 e. The summed E-state index contributed by atoms with van der Waals surface area (Å²) < 4.78 is 2.53. The van der Waals surface area contributed by atoms with Gasteiger partial charge in [0.1, 0.15) is 13.1 Å². The molecule has 0 saturated carbocycles. The molecular formula is C28H58N3+. The fraction of sp³-hybridized carbons (Fsp3) is 0.964. The predicted molar refractivity (Wildman–Crippen MR) is 139 cm³/mol. The summed E-state index contributed by atoms with van der Waals surface area (Å²) in [5.74, 6) is 1.57. The van der Waals surface area contributed by atoms with Crippen LogP contribution in [-0.2, 0) is 0 Å². The highest BCUT2D eigenvalue weighted by Crippen LogP contribution is 2.15. The summed E-state index contributed by atoms with van der Waals surface area (Å²) in [7, 11) is 0. The van der Waals surface area contributed by atoms with Crippen LogP contribution in [0.15, 0.2) is 0 Å². The normalized spacial score (nSPS) is 14.2. The second kappa shape index (κ2) is 21.3. The van der Waals surface area contributed by atoms with Crippen LogP contribution in [0.5, 0.6) is 0 Å². The fourth-order valence-electron chi connectivity index (χ4n) is 5.11. The molecule has 31 heavy (non-hydrogen) atoms. The van der Waals surface area contributed by atoms with Crippen molar-refractivity contribution in [2.45, 2.75) is 142 Å². The van der Waals surface area contributed by atoms with Crippen LogP contribution in [0, 0.1) is 0 Å². The summed E-state index contributed by atoms with van der Waals surface area (Å²) in [6.07, 6.45) is 28.8. The molecule has 3 heteroatoms. The van der Waals surface area contributed by atoms with Crippen LogP contribution < -0.4 is 5.73 Å². The average Bonchev–Trinajstić information content (AvgIpc) is 3.17. The van der Waals surface area contributed by atoms with Crippen molar-refractivity contribution in [2.75, 3.05) is 32.7 Å². The van der Waals surface area contributed by atoms with Gasteiger partial charge in [-0.15, -0.1) is 0 Å². The zero-order valence-corrected chi connectivity index (χ0v) is 21.6. The minimum Gasteiger partial charge on any atom is -0.327 e. The third-order valence-electron chi connectivity index (χ3n) is 7.15. The number of rotatable bonds is 23. The van der Waals surface area contributed by atoms with Gasteiger partial charge in [-0.2, -0.15) is 0 Å². The van der Waals surface area contributed by atoms with Crippen molar-refractivity contribution < 1.29 is 4.58 Å². The zero-order valence-electron chi connectivity index (χ0n) is 21.6. The third-order valence-corrected chi connectivity index (χ3v) is 7.15. The number of hydrogen-bond donors (Lipinski definition) is 1. The van der Waals surface area contributed by atoms with Crippen molar-refractivity contribution >= 4 is 5.84 Å². The summed E-state index contributed by atoms with van der Waals surface area (Å²) in [6, 6.07) is 0. The van der Waals surface area contributed by atoms with Crippen LogP contribution in [0.4, 0.5) is 0 Å². The van der Waals surface area contributed by atoms with Crippen molar-refractivity contribution in [2.24, 2.45) is 5.73 Å². The van der Waals surface area contributed by atoms with Gasteiger partial charge in [-0.05, 0) is 13.3 Å². The largest absolute Gasteiger partial charge is 0.327 e. The van der Waals surface area contributed by atoms with E-state index < -0.39 is 0 Å². The summed E-state index contributed by atoms with van der Waals surface area (Å²) in [5.41, 5.74) is 5.79. The highest BCUT2D eigenvalue weighted by molar-refractivity contribution is 5.78. The van der Waals surface area contributed by atoms with E-state index in [0.29, 0.717) is 0 Å². The Morgan fingerprint density at radius 3 is 1.45 bits per heavy atom. The third kappa shape index (κ3) is 15.0. The van der Waals surface area contributed by atoms with Gasteiger partial charge in [0.05, 0.1) is 13.1 Å². The maximum atomic E-state index is 5.79. The monoisotopic (exact) mass is 436 g/mol. The van der Waals surface area contributed by atoms with E-state index in [9.17, 15) is 0 Å². The highest BCUT2D eigenvalue weighted by Gasteiger charge is 2.27. The molecule has 0 amide bonds. The van der Waals surface area contributed by atoms with E-state index in [0.717, 1.165) is 19.6 Å². The molecule has 0 unspecified atom stereocenters. The molecule has 1 heterocycles. The van der Waals surface area contributed by atoms with E-state index in [1.807, 2.05) is 0 Å². The van der Waals surface area contributed by atoms with Crippen LogP contribution >= 0.6 is 0 Å². The van der Waals surface area contributed by atoms with Gasteiger partial charge in [0.2, 0.25) is 5.84 Å². The summed E-state index contributed by atoms with van der Waals surface area (Å²) in [4.78, 5) is 2.56. The lowest BCUT2D eigenvalue weighted by molar-refractivity contribution is -0.516. The van der Waals surface area contributed by atoms with Gasteiger partial charge in [0.25, 0.3) is 0 Å². The molecule has 0 aromatic rings. The molecule has 0 fully saturated rings. The lowest BCUT2D eigenvalue weighted by Crippen LogP contribution is -2.30. The number of nitrogens with two attached hydrogens (primary N) is 1. The second-order valence-corrected chi connectivity index (χ2v) is 9.89. The molecule has 1 aliphatic rings. The molecule has 0 bridgehead atoms. The molecule has 1 aliphatic heterocycles. The quantitative estimate of drug-likeness (QED) is 0.133. The Balaban J connectivity index is 1.81. The molecule has 0 aliphatic carbocycles. The van der Waals surface area contributed by atoms with Crippen LogP contribution in [0.3, 0.4) is 0 Å². The molecule has 0 atom stereocenters. The summed E-state index contributed by atoms with van der Waals surface area (Å²) in [5, 5.41) is 0. The number of likely N-dealkylation sites (N-methyl/N-ethyl adjacent to an activating group) is 1. The first kappa shape index (κ1) is 28.5. The van der Waals surface area contributed by atoms with Gasteiger partial charge in [-0.1, -0.05) is 122 Å². The number of hydrogen-bond acceptors (Lipinski definition) is 2. The Bertz CT molecular complexity index is 418. The Morgan fingerprint density at radius 1 is 0.645 bits per heavy atom. The van der Waals surface area contributed by atoms with Crippen molar-refractivity contribution in [3.8, 4) is 0 Å². The molecule has 1 rings (SSSR count). The predicted octanol–water partition coefficient (Wildman–Crippen LogP) is 7.51. The fourth-order valence-corrected chi connectivity index (χ4v) is 5.11. The van der Waals surface area contributed by atoms with Gasteiger partial charge in [0, 0.05) is 13.0 Å². The first-order valence-electron chi connectivity index (χ1n) is 14.4. The average molecular weight is 437 g/mol. The van der Waals surface area contributed by atoms with Crippen LogP contribution in [0.2, 0.25) is 0 Å². The Labute approximate surface area is 196 Å². The van der Waals surface area contributed by atoms with Gasteiger partial charge in [-0.3, -0.25) is 9.48 Å². The van der Waals surface area contributed by atoms with Crippen LogP contribution in [-0.4, -0.2) is 48.0 Å². The summed E-state index contributed by atoms with van der Waals surface area (Å²) in [6.45, 7) is 9.92.